The van der Waals surface area contributed by atoms with Crippen molar-refractivity contribution in [2.24, 2.45) is 5.41 Å². The van der Waals surface area contributed by atoms with Crippen molar-refractivity contribution in [1.29, 1.82) is 0 Å². The predicted molar refractivity (Wildman–Crippen MR) is 78.2 cm³/mol. The van der Waals surface area contributed by atoms with Crippen molar-refractivity contribution in [3.8, 4) is 0 Å². The molecule has 6 heteroatoms. The summed E-state index contributed by atoms with van der Waals surface area (Å²) in [6.07, 6.45) is -0.476. The van der Waals surface area contributed by atoms with Gasteiger partial charge in [0.15, 0.2) is 5.41 Å². The maximum Gasteiger partial charge on any atom is 0.407 e. The van der Waals surface area contributed by atoms with Gasteiger partial charge < -0.3 is 14.8 Å². The van der Waals surface area contributed by atoms with Crippen molar-refractivity contribution in [3.63, 3.8) is 0 Å². The largest absolute Gasteiger partial charge is 0.465 e. The summed E-state index contributed by atoms with van der Waals surface area (Å²) in [6, 6.07) is 6.48. The molecule has 2 rings (SSSR count). The van der Waals surface area contributed by atoms with E-state index in [1.54, 1.807) is 6.07 Å². The summed E-state index contributed by atoms with van der Waals surface area (Å²) in [5.41, 5.74) is 0.209. The third-order valence-corrected chi connectivity index (χ3v) is 4.04. The van der Waals surface area contributed by atoms with Crippen LogP contribution in [0.4, 0.5) is 4.79 Å². The zero-order valence-corrected chi connectivity index (χ0v) is 12.8. The van der Waals surface area contributed by atoms with Gasteiger partial charge in [-0.2, -0.15) is 0 Å². The van der Waals surface area contributed by atoms with Crippen LogP contribution in [0.15, 0.2) is 24.3 Å². The van der Waals surface area contributed by atoms with Gasteiger partial charge in [-0.1, -0.05) is 29.8 Å². The quantitative estimate of drug-likeness (QED) is 0.679. The number of amides is 1. The number of hydrogen-bond donors (Lipinski definition) is 1. The Morgan fingerprint density at radius 1 is 1.41 bits per heavy atom. The van der Waals surface area contributed by atoms with Gasteiger partial charge in [0.05, 0.1) is 19.8 Å². The first-order valence-electron chi connectivity index (χ1n) is 7.01. The molecule has 1 aromatic rings. The normalized spacial score (nSPS) is 21.9. The van der Waals surface area contributed by atoms with E-state index < -0.39 is 23.5 Å². The van der Waals surface area contributed by atoms with Crippen LogP contribution < -0.4 is 5.32 Å². The lowest BCUT2D eigenvalue weighted by molar-refractivity contribution is -0.152. The van der Waals surface area contributed by atoms with Crippen molar-refractivity contribution in [3.05, 3.63) is 35.4 Å². The van der Waals surface area contributed by atoms with Crippen LogP contribution in [0.5, 0.6) is 0 Å². The topological polar surface area (TPSA) is 81.7 Å². The van der Waals surface area contributed by atoms with Crippen LogP contribution in [0.1, 0.15) is 30.5 Å². The molecule has 0 spiro atoms. The first kappa shape index (κ1) is 16.0. The second kappa shape index (κ2) is 6.17. The summed E-state index contributed by atoms with van der Waals surface area (Å²) in [5, 5.41) is 2.62. The number of ketones is 1. The van der Waals surface area contributed by atoms with Crippen molar-refractivity contribution >= 4 is 17.8 Å². The van der Waals surface area contributed by atoms with Crippen LogP contribution >= 0.6 is 0 Å². The van der Waals surface area contributed by atoms with Gasteiger partial charge in [-0.05, 0) is 19.4 Å². The molecule has 1 saturated heterocycles. The minimum absolute atomic E-state index is 0.156. The number of alkyl carbamates (subject to hydrolysis) is 1. The number of nitrogens with one attached hydrogen (secondary N) is 1. The molecule has 2 atom stereocenters. The Morgan fingerprint density at radius 3 is 2.64 bits per heavy atom. The van der Waals surface area contributed by atoms with Gasteiger partial charge in [-0.15, -0.1) is 0 Å². The molecule has 1 aliphatic rings. The second-order valence-electron chi connectivity index (χ2n) is 5.40. The molecular formula is C16H19NO5. The molecule has 1 aliphatic heterocycles. The Hall–Kier alpha value is -2.37. The lowest BCUT2D eigenvalue weighted by Crippen LogP contribution is -2.48. The van der Waals surface area contributed by atoms with Gasteiger partial charge in [0, 0.05) is 6.42 Å². The fraction of sp³-hybridized carbons (Fsp3) is 0.438. The molecule has 1 aromatic carbocycles. The van der Waals surface area contributed by atoms with E-state index in [1.807, 2.05) is 25.1 Å². The third-order valence-electron chi connectivity index (χ3n) is 4.04. The highest BCUT2D eigenvalue weighted by atomic mass is 16.5. The number of rotatable bonds is 4. The van der Waals surface area contributed by atoms with E-state index in [9.17, 15) is 14.4 Å². The summed E-state index contributed by atoms with van der Waals surface area (Å²) < 4.78 is 9.66. The van der Waals surface area contributed by atoms with Gasteiger partial charge in [-0.3, -0.25) is 9.59 Å². The van der Waals surface area contributed by atoms with Gasteiger partial charge >= 0.3 is 12.1 Å². The standard InChI is InChI=1S/C16H19NO5/c1-10-5-4-6-12(9-10)13(17-15(20)21-3)16(11(2)18)7-8-22-14(16)19/h4-6,9,13H,7-8H2,1-3H3,(H,17,20)/t13-,16+/m0/s1. The molecule has 0 saturated carbocycles. The third kappa shape index (κ3) is 2.68. The number of carbonyl (C=O) groups excluding carboxylic acids is 3. The van der Waals surface area contributed by atoms with Gasteiger partial charge in [-0.25, -0.2) is 4.79 Å². The number of methoxy groups -OCH3 is 1. The summed E-state index contributed by atoms with van der Waals surface area (Å²) >= 11 is 0. The fourth-order valence-corrected chi connectivity index (χ4v) is 2.84. The van der Waals surface area contributed by atoms with Crippen molar-refractivity contribution < 1.29 is 23.9 Å². The summed E-state index contributed by atoms with van der Waals surface area (Å²) in [4.78, 5) is 36.2. The monoisotopic (exact) mass is 305 g/mol. The number of esters is 1. The second-order valence-corrected chi connectivity index (χ2v) is 5.40. The van der Waals surface area contributed by atoms with Crippen molar-refractivity contribution in [2.75, 3.05) is 13.7 Å². The van der Waals surface area contributed by atoms with Crippen LogP contribution in [0.25, 0.3) is 0 Å². The smallest absolute Gasteiger partial charge is 0.407 e. The average Bonchev–Trinajstić information content (AvgIpc) is 2.87. The van der Waals surface area contributed by atoms with Gasteiger partial charge in [0.1, 0.15) is 5.78 Å². The Balaban J connectivity index is 2.54. The van der Waals surface area contributed by atoms with Crippen molar-refractivity contribution in [2.45, 2.75) is 26.3 Å². The Kier molecular flexibility index (Phi) is 4.49. The Morgan fingerprint density at radius 2 is 2.14 bits per heavy atom. The van der Waals surface area contributed by atoms with E-state index in [4.69, 9.17) is 4.74 Å². The first-order valence-corrected chi connectivity index (χ1v) is 7.01. The predicted octanol–water partition coefficient (Wildman–Crippen LogP) is 1.91. The fourth-order valence-electron chi connectivity index (χ4n) is 2.84. The van der Waals surface area contributed by atoms with Gasteiger partial charge in [0.25, 0.3) is 0 Å². The number of hydrogen-bond acceptors (Lipinski definition) is 5. The summed E-state index contributed by atoms with van der Waals surface area (Å²) in [6.45, 7) is 3.39. The SMILES string of the molecule is COC(=O)N[C@@H](c1cccc(C)c1)[C@]1(C(C)=O)CCOC1=O. The van der Waals surface area contributed by atoms with Gasteiger partial charge in [0.2, 0.25) is 0 Å². The lowest BCUT2D eigenvalue weighted by atomic mass is 9.72. The molecule has 1 heterocycles. The highest BCUT2D eigenvalue weighted by Gasteiger charge is 2.55. The number of aryl methyl sites for hydroxylation is 1. The van der Waals surface area contributed by atoms with E-state index >= 15 is 0 Å². The molecule has 1 fully saturated rings. The van der Waals surface area contributed by atoms with Crippen molar-refractivity contribution in [1.82, 2.24) is 5.32 Å². The van der Waals surface area contributed by atoms with Crippen LogP contribution in [-0.2, 0) is 19.1 Å². The zero-order valence-electron chi connectivity index (χ0n) is 12.8. The van der Waals surface area contributed by atoms with E-state index in [-0.39, 0.29) is 18.8 Å². The maximum absolute atomic E-state index is 12.3. The Labute approximate surface area is 128 Å². The first-order chi connectivity index (χ1) is 10.4. The van der Waals surface area contributed by atoms with Crippen LogP contribution in [0.3, 0.4) is 0 Å². The molecule has 0 unspecified atom stereocenters. The average molecular weight is 305 g/mol. The minimum atomic E-state index is -1.41. The molecule has 0 bridgehead atoms. The number of cyclic esters (lactones) is 1. The zero-order chi connectivity index (χ0) is 16.3. The number of carbonyl (C=O) groups is 3. The summed E-state index contributed by atoms with van der Waals surface area (Å²) in [5.74, 6) is -0.944. The molecule has 0 aliphatic carbocycles. The van der Waals surface area contributed by atoms with E-state index in [2.05, 4.69) is 10.1 Å². The number of Topliss-reactive ketones (excluding diaryl/α,β-unsaturated/α-hetero) is 1. The van der Waals surface area contributed by atoms with Crippen LogP contribution in [-0.4, -0.2) is 31.6 Å². The van der Waals surface area contributed by atoms with Crippen LogP contribution in [0, 0.1) is 12.3 Å². The molecule has 1 amide bonds. The van der Waals surface area contributed by atoms with E-state index in [0.717, 1.165) is 5.56 Å². The van der Waals surface area contributed by atoms with Crippen LogP contribution in [0.2, 0.25) is 0 Å². The van der Waals surface area contributed by atoms with E-state index in [1.165, 1.54) is 14.0 Å². The molecule has 118 valence electrons. The molecule has 22 heavy (non-hydrogen) atoms. The maximum atomic E-state index is 12.3. The minimum Gasteiger partial charge on any atom is -0.465 e. The van der Waals surface area contributed by atoms with E-state index in [0.29, 0.717) is 5.56 Å². The molecule has 0 radical (unpaired) electrons. The number of ether oxygens (including phenoxy) is 2. The highest BCUT2D eigenvalue weighted by Crippen LogP contribution is 2.43. The molecule has 1 N–H and O–H groups in total. The molecule has 0 aromatic heterocycles. The molecular weight excluding hydrogens is 286 g/mol. The number of benzene rings is 1. The summed E-state index contributed by atoms with van der Waals surface area (Å²) in [7, 11) is 1.23. The molecule has 6 nitrogen and oxygen atoms in total. The Bertz CT molecular complexity index is 612. The lowest BCUT2D eigenvalue weighted by Gasteiger charge is -2.32. The highest BCUT2D eigenvalue weighted by molar-refractivity contribution is 6.05.